The Morgan fingerprint density at radius 2 is 1.92 bits per heavy atom. The van der Waals surface area contributed by atoms with Crippen LogP contribution in [0.2, 0.25) is 0 Å². The molecule has 0 bridgehead atoms. The largest absolute Gasteiger partial charge is 0.393 e. The fourth-order valence-corrected chi connectivity index (χ4v) is 8.10. The maximum Gasteiger partial charge on any atom is 0.296 e. The highest BCUT2D eigenvalue weighted by Gasteiger charge is 2.50. The van der Waals surface area contributed by atoms with E-state index in [0.29, 0.717) is 23.2 Å². The van der Waals surface area contributed by atoms with Crippen LogP contribution in [0.15, 0.2) is 64.6 Å². The van der Waals surface area contributed by atoms with Crippen molar-refractivity contribution in [3.05, 3.63) is 65.3 Å². The van der Waals surface area contributed by atoms with Gasteiger partial charge >= 0.3 is 0 Å². The minimum absolute atomic E-state index is 0.232. The molecule has 1 N–H and O–H groups in total. The third-order valence-corrected chi connectivity index (χ3v) is 10.6. The lowest BCUT2D eigenvalue weighted by Gasteiger charge is -2.44. The SMILES string of the molecule is C=C1CC[C@@H](O)C/C1=C/C=C1\CCC[C@@]2(C)C1CCC2[C@@H](C)CCCOS(=O)(=O)c1ccc(C)cc1. The Labute approximate surface area is 218 Å². The minimum atomic E-state index is -3.69. The summed E-state index contributed by atoms with van der Waals surface area (Å²) in [5.41, 5.74) is 5.31. The van der Waals surface area contributed by atoms with Crippen molar-refractivity contribution in [2.24, 2.45) is 23.2 Å². The summed E-state index contributed by atoms with van der Waals surface area (Å²) in [6, 6.07) is 6.83. The van der Waals surface area contributed by atoms with Gasteiger partial charge in [-0.1, -0.05) is 61.4 Å². The summed E-state index contributed by atoms with van der Waals surface area (Å²) < 4.78 is 30.3. The van der Waals surface area contributed by atoms with Crippen molar-refractivity contribution in [2.75, 3.05) is 6.61 Å². The normalized spacial score (nSPS) is 32.1. The number of allylic oxidation sites excluding steroid dienone is 4. The van der Waals surface area contributed by atoms with Gasteiger partial charge in [-0.15, -0.1) is 0 Å². The van der Waals surface area contributed by atoms with Gasteiger partial charge in [-0.05, 0) is 112 Å². The Morgan fingerprint density at radius 1 is 1.17 bits per heavy atom. The average molecular weight is 513 g/mol. The zero-order valence-corrected chi connectivity index (χ0v) is 23.2. The van der Waals surface area contributed by atoms with Crippen LogP contribution in [0.25, 0.3) is 0 Å². The molecule has 36 heavy (non-hydrogen) atoms. The van der Waals surface area contributed by atoms with Gasteiger partial charge in [0.2, 0.25) is 0 Å². The topological polar surface area (TPSA) is 63.6 Å². The Balaban J connectivity index is 1.34. The van der Waals surface area contributed by atoms with E-state index in [-0.39, 0.29) is 17.6 Å². The van der Waals surface area contributed by atoms with Crippen molar-refractivity contribution in [3.8, 4) is 0 Å². The molecule has 4 nitrogen and oxygen atoms in total. The number of aliphatic hydroxyl groups excluding tert-OH is 1. The molecular formula is C31H44O4S. The number of hydrogen-bond donors (Lipinski definition) is 1. The van der Waals surface area contributed by atoms with Gasteiger partial charge in [0, 0.05) is 0 Å². The smallest absolute Gasteiger partial charge is 0.296 e. The first-order valence-electron chi connectivity index (χ1n) is 13.8. The second kappa shape index (κ2) is 11.4. The molecule has 1 aromatic rings. The van der Waals surface area contributed by atoms with Gasteiger partial charge in [0.25, 0.3) is 10.1 Å². The van der Waals surface area contributed by atoms with Gasteiger partial charge in [0.15, 0.2) is 0 Å². The molecular weight excluding hydrogens is 468 g/mol. The first kappa shape index (κ1) is 27.3. The molecule has 0 spiro atoms. The van der Waals surface area contributed by atoms with Crippen LogP contribution in [0.1, 0.15) is 83.6 Å². The number of benzene rings is 1. The van der Waals surface area contributed by atoms with Gasteiger partial charge < -0.3 is 5.11 Å². The summed E-state index contributed by atoms with van der Waals surface area (Å²) in [5, 5.41) is 10.1. The zero-order chi connectivity index (χ0) is 25.9. The molecule has 3 fully saturated rings. The summed E-state index contributed by atoms with van der Waals surface area (Å²) in [6.45, 7) is 11.2. The Morgan fingerprint density at radius 3 is 2.67 bits per heavy atom. The van der Waals surface area contributed by atoms with Gasteiger partial charge in [-0.25, -0.2) is 0 Å². The molecule has 0 saturated heterocycles. The van der Waals surface area contributed by atoms with Crippen LogP contribution >= 0.6 is 0 Å². The third kappa shape index (κ3) is 6.06. The maximum absolute atomic E-state index is 12.5. The second-order valence-corrected chi connectivity index (χ2v) is 13.4. The van der Waals surface area contributed by atoms with Crippen LogP contribution in [0, 0.1) is 30.1 Å². The van der Waals surface area contributed by atoms with Gasteiger partial charge in [-0.3, -0.25) is 4.18 Å². The second-order valence-electron chi connectivity index (χ2n) is 11.7. The highest BCUT2D eigenvalue weighted by atomic mass is 32.2. The van der Waals surface area contributed by atoms with E-state index in [1.807, 2.05) is 6.92 Å². The highest BCUT2D eigenvalue weighted by molar-refractivity contribution is 7.86. The van der Waals surface area contributed by atoms with E-state index in [4.69, 9.17) is 4.18 Å². The fraction of sp³-hybridized carbons (Fsp3) is 0.613. The van der Waals surface area contributed by atoms with Crippen molar-refractivity contribution < 1.29 is 17.7 Å². The van der Waals surface area contributed by atoms with Crippen molar-refractivity contribution >= 4 is 10.1 Å². The first-order valence-corrected chi connectivity index (χ1v) is 15.2. The summed E-state index contributed by atoms with van der Waals surface area (Å²) in [5.74, 6) is 1.81. The number of fused-ring (bicyclic) bond motifs is 1. The lowest BCUT2D eigenvalue weighted by molar-refractivity contribution is 0.0916. The van der Waals surface area contributed by atoms with Crippen LogP contribution in [0.5, 0.6) is 0 Å². The highest BCUT2D eigenvalue weighted by Crippen LogP contribution is 2.59. The van der Waals surface area contributed by atoms with Crippen LogP contribution in [-0.4, -0.2) is 26.2 Å². The lowest BCUT2D eigenvalue weighted by Crippen LogP contribution is -2.36. The standard InChI is InChI=1S/C31H44O4S/c1-22-9-15-28(16-10-22)36(33,34)35-20-6-7-24(3)29-17-18-30-25(8-5-19-31(29,30)4)12-13-26-21-27(32)14-11-23(26)2/h9-10,12-13,15-16,24,27,29-30,32H,2,5-8,11,14,17-21H2,1,3-4H3/b25-12+,26-13-/t24-,27+,29?,30?,31+/m0/s1. The predicted molar refractivity (Wildman–Crippen MR) is 146 cm³/mol. The van der Waals surface area contributed by atoms with Gasteiger partial charge in [-0.2, -0.15) is 8.42 Å². The molecule has 3 aliphatic carbocycles. The molecule has 0 amide bonds. The molecule has 3 aliphatic rings. The third-order valence-electron chi connectivity index (χ3n) is 9.26. The maximum atomic E-state index is 12.5. The average Bonchev–Trinajstić information content (AvgIpc) is 3.20. The zero-order valence-electron chi connectivity index (χ0n) is 22.3. The molecule has 0 radical (unpaired) electrons. The van der Waals surface area contributed by atoms with Crippen LogP contribution in [-0.2, 0) is 14.3 Å². The summed E-state index contributed by atoms with van der Waals surface area (Å²) >= 11 is 0. The molecule has 0 aromatic heterocycles. The Bertz CT molecular complexity index is 1100. The molecule has 0 heterocycles. The van der Waals surface area contributed by atoms with Crippen LogP contribution < -0.4 is 0 Å². The van der Waals surface area contributed by atoms with Crippen molar-refractivity contribution in [1.29, 1.82) is 0 Å². The van der Waals surface area contributed by atoms with Crippen LogP contribution in [0.4, 0.5) is 0 Å². The summed E-state index contributed by atoms with van der Waals surface area (Å²) in [6.07, 6.45) is 14.7. The number of aliphatic hydroxyl groups is 1. The quantitative estimate of drug-likeness (QED) is 0.293. The van der Waals surface area contributed by atoms with Crippen molar-refractivity contribution in [2.45, 2.75) is 96.0 Å². The number of hydrogen-bond acceptors (Lipinski definition) is 4. The predicted octanol–water partition coefficient (Wildman–Crippen LogP) is 7.29. The molecule has 5 heteroatoms. The van der Waals surface area contributed by atoms with Crippen LogP contribution in [0.3, 0.4) is 0 Å². The molecule has 4 rings (SSSR count). The van der Waals surface area contributed by atoms with Crippen molar-refractivity contribution in [3.63, 3.8) is 0 Å². The first-order chi connectivity index (χ1) is 17.1. The Kier molecular flexibility index (Phi) is 8.63. The summed E-state index contributed by atoms with van der Waals surface area (Å²) in [7, 11) is -3.69. The van der Waals surface area contributed by atoms with Gasteiger partial charge in [0.05, 0.1) is 17.6 Å². The molecule has 2 unspecified atom stereocenters. The number of rotatable bonds is 8. The lowest BCUT2D eigenvalue weighted by atomic mass is 9.60. The molecule has 1 aromatic carbocycles. The minimum Gasteiger partial charge on any atom is -0.393 e. The van der Waals surface area contributed by atoms with Crippen molar-refractivity contribution in [1.82, 2.24) is 0 Å². The van der Waals surface area contributed by atoms with E-state index >= 15 is 0 Å². The van der Waals surface area contributed by atoms with E-state index in [1.54, 1.807) is 29.8 Å². The van der Waals surface area contributed by atoms with E-state index < -0.39 is 10.1 Å². The molecule has 3 saturated carbocycles. The number of aryl methyl sites for hydroxylation is 1. The Hall–Kier alpha value is -1.69. The van der Waals surface area contributed by atoms with E-state index in [9.17, 15) is 13.5 Å². The molecule has 198 valence electrons. The fourth-order valence-electron chi connectivity index (χ4n) is 7.16. The van der Waals surface area contributed by atoms with E-state index in [0.717, 1.165) is 37.7 Å². The van der Waals surface area contributed by atoms with E-state index in [1.165, 1.54) is 43.3 Å². The monoisotopic (exact) mass is 512 g/mol. The summed E-state index contributed by atoms with van der Waals surface area (Å²) in [4.78, 5) is 0.232. The van der Waals surface area contributed by atoms with E-state index in [2.05, 4.69) is 32.6 Å². The molecule has 0 aliphatic heterocycles. The molecule has 5 atom stereocenters. The van der Waals surface area contributed by atoms with Gasteiger partial charge in [0.1, 0.15) is 0 Å².